The molecule has 1 heterocycles. The number of carbonyl (C=O) groups excluding carboxylic acids is 1. The number of sulfonamides is 1. The molecule has 1 aliphatic carbocycles. The van der Waals surface area contributed by atoms with E-state index in [0.717, 1.165) is 24.1 Å². The van der Waals surface area contributed by atoms with Crippen molar-refractivity contribution in [3.05, 3.63) is 95.6 Å². The molecule has 1 amide bonds. The monoisotopic (exact) mass is 489 g/mol. The van der Waals surface area contributed by atoms with Crippen LogP contribution in [0.15, 0.2) is 83.8 Å². The number of nitrogens with one attached hydrogen (secondary N) is 1. The minimum atomic E-state index is -3.69. The van der Waals surface area contributed by atoms with E-state index in [2.05, 4.69) is 34.5 Å². The summed E-state index contributed by atoms with van der Waals surface area (Å²) in [5.41, 5.74) is 3.73. The molecule has 0 spiro atoms. The lowest BCUT2D eigenvalue weighted by molar-refractivity contribution is 0.0931. The lowest BCUT2D eigenvalue weighted by atomic mass is 10.0. The van der Waals surface area contributed by atoms with E-state index in [9.17, 15) is 13.2 Å². The zero-order valence-electron chi connectivity index (χ0n) is 19.9. The van der Waals surface area contributed by atoms with Crippen LogP contribution in [0.3, 0.4) is 0 Å². The van der Waals surface area contributed by atoms with Gasteiger partial charge < -0.3 is 10.2 Å². The predicted molar refractivity (Wildman–Crippen MR) is 138 cm³/mol. The number of piperazine rings is 1. The van der Waals surface area contributed by atoms with Gasteiger partial charge in [-0.3, -0.25) is 4.79 Å². The average Bonchev–Trinajstić information content (AvgIpc) is 3.74. The van der Waals surface area contributed by atoms with Crippen LogP contribution < -0.4 is 10.2 Å². The molecule has 6 nitrogen and oxygen atoms in total. The summed E-state index contributed by atoms with van der Waals surface area (Å²) < 4.78 is 28.3. The second kappa shape index (κ2) is 9.84. The molecule has 1 N–H and O–H groups in total. The van der Waals surface area contributed by atoms with E-state index >= 15 is 0 Å². The number of aryl methyl sites for hydroxylation is 1. The Morgan fingerprint density at radius 2 is 1.57 bits per heavy atom. The number of benzene rings is 3. The van der Waals surface area contributed by atoms with E-state index in [1.807, 2.05) is 37.3 Å². The minimum Gasteiger partial charge on any atom is -0.369 e. The maximum atomic E-state index is 13.4. The highest BCUT2D eigenvalue weighted by Gasteiger charge is 2.34. The molecule has 5 rings (SSSR count). The Kier molecular flexibility index (Phi) is 6.62. The first-order chi connectivity index (χ1) is 16.9. The van der Waals surface area contributed by atoms with Crippen LogP contribution >= 0.6 is 0 Å². The Morgan fingerprint density at radius 3 is 2.23 bits per heavy atom. The van der Waals surface area contributed by atoms with Crippen molar-refractivity contribution in [2.24, 2.45) is 5.92 Å². The molecule has 3 aromatic carbocycles. The van der Waals surface area contributed by atoms with Crippen LogP contribution in [0.5, 0.6) is 0 Å². The molecule has 7 heteroatoms. The van der Waals surface area contributed by atoms with E-state index in [1.54, 1.807) is 18.2 Å². The Balaban J connectivity index is 1.29. The molecule has 2 fully saturated rings. The fourth-order valence-electron chi connectivity index (χ4n) is 4.67. The van der Waals surface area contributed by atoms with Crippen molar-refractivity contribution in [3.63, 3.8) is 0 Å². The third kappa shape index (κ3) is 5.26. The predicted octanol–water partition coefficient (Wildman–Crippen LogP) is 4.39. The smallest absolute Gasteiger partial charge is 0.251 e. The Morgan fingerprint density at radius 1 is 0.886 bits per heavy atom. The van der Waals surface area contributed by atoms with Crippen molar-refractivity contribution in [1.29, 1.82) is 0 Å². The van der Waals surface area contributed by atoms with Gasteiger partial charge >= 0.3 is 0 Å². The maximum absolute atomic E-state index is 13.4. The lowest BCUT2D eigenvalue weighted by Gasteiger charge is -2.35. The van der Waals surface area contributed by atoms with Crippen LogP contribution in [-0.4, -0.2) is 44.8 Å². The SMILES string of the molecule is Cc1ccc([C@@H](NC(=O)c2cccc(S(=O)(=O)N3CCN(c4ccccc4)CC3)c2)C2CC2)cc1. The van der Waals surface area contributed by atoms with Gasteiger partial charge in [-0.1, -0.05) is 54.1 Å². The van der Waals surface area contributed by atoms with Crippen LogP contribution in [-0.2, 0) is 10.0 Å². The largest absolute Gasteiger partial charge is 0.369 e. The summed E-state index contributed by atoms with van der Waals surface area (Å²) in [5, 5.41) is 3.16. The molecule has 1 atom stereocenters. The van der Waals surface area contributed by atoms with Crippen LogP contribution in [0.2, 0.25) is 0 Å². The highest BCUT2D eigenvalue weighted by Crippen LogP contribution is 2.41. The summed E-state index contributed by atoms with van der Waals surface area (Å²) >= 11 is 0. The van der Waals surface area contributed by atoms with Crippen molar-refractivity contribution in [1.82, 2.24) is 9.62 Å². The summed E-state index contributed by atoms with van der Waals surface area (Å²) in [5.74, 6) is 0.183. The van der Waals surface area contributed by atoms with Crippen molar-refractivity contribution < 1.29 is 13.2 Å². The topological polar surface area (TPSA) is 69.7 Å². The van der Waals surface area contributed by atoms with Crippen LogP contribution in [0, 0.1) is 12.8 Å². The van der Waals surface area contributed by atoms with Gasteiger partial charge in [0.25, 0.3) is 5.91 Å². The molecule has 1 aliphatic heterocycles. The number of nitrogens with zero attached hydrogens (tertiary/aromatic N) is 2. The van der Waals surface area contributed by atoms with Gasteiger partial charge in [-0.2, -0.15) is 4.31 Å². The first-order valence-corrected chi connectivity index (χ1v) is 13.6. The molecular formula is C28H31N3O3S. The van der Waals surface area contributed by atoms with Gasteiger partial charge in [0.05, 0.1) is 10.9 Å². The highest BCUT2D eigenvalue weighted by molar-refractivity contribution is 7.89. The van der Waals surface area contributed by atoms with Crippen molar-refractivity contribution in [2.45, 2.75) is 30.7 Å². The molecular weight excluding hydrogens is 458 g/mol. The second-order valence-corrected chi connectivity index (χ2v) is 11.4. The van der Waals surface area contributed by atoms with Crippen molar-refractivity contribution >= 4 is 21.6 Å². The van der Waals surface area contributed by atoms with E-state index < -0.39 is 10.0 Å². The van der Waals surface area contributed by atoms with Crippen molar-refractivity contribution in [2.75, 3.05) is 31.1 Å². The van der Waals surface area contributed by atoms with Gasteiger partial charge in [0.1, 0.15) is 0 Å². The quantitative estimate of drug-likeness (QED) is 0.535. The van der Waals surface area contributed by atoms with Gasteiger partial charge in [0, 0.05) is 37.4 Å². The van der Waals surface area contributed by atoms with Gasteiger partial charge in [0.2, 0.25) is 10.0 Å². The zero-order valence-corrected chi connectivity index (χ0v) is 20.7. The van der Waals surface area contributed by atoms with Gasteiger partial charge in [-0.15, -0.1) is 0 Å². The first-order valence-electron chi connectivity index (χ1n) is 12.2. The number of hydrogen-bond donors (Lipinski definition) is 1. The molecule has 0 unspecified atom stereocenters. The number of carbonyl (C=O) groups is 1. The molecule has 0 aromatic heterocycles. The molecule has 1 saturated heterocycles. The fraction of sp³-hybridized carbons (Fsp3) is 0.321. The van der Waals surface area contributed by atoms with E-state index in [-0.39, 0.29) is 16.8 Å². The lowest BCUT2D eigenvalue weighted by Crippen LogP contribution is -2.48. The molecule has 35 heavy (non-hydrogen) atoms. The third-order valence-corrected chi connectivity index (χ3v) is 8.81. The molecule has 182 valence electrons. The number of anilines is 1. The molecule has 0 radical (unpaired) electrons. The number of rotatable bonds is 7. The van der Waals surface area contributed by atoms with Crippen LogP contribution in [0.25, 0.3) is 0 Å². The molecule has 0 bridgehead atoms. The number of hydrogen-bond acceptors (Lipinski definition) is 4. The van der Waals surface area contributed by atoms with E-state index in [4.69, 9.17) is 0 Å². The summed E-state index contributed by atoms with van der Waals surface area (Å²) in [4.78, 5) is 15.5. The van der Waals surface area contributed by atoms with Crippen molar-refractivity contribution in [3.8, 4) is 0 Å². The average molecular weight is 490 g/mol. The first kappa shape index (κ1) is 23.6. The Labute approximate surface area is 207 Å². The molecule has 2 aliphatic rings. The standard InChI is InChI=1S/C28H31N3O3S/c1-21-10-12-22(13-11-21)27(23-14-15-23)29-28(32)24-6-5-9-26(20-24)35(33,34)31-18-16-30(17-19-31)25-7-3-2-4-8-25/h2-13,20,23,27H,14-19H2,1H3,(H,29,32)/t27-/m1/s1. The summed E-state index contributed by atoms with van der Waals surface area (Å²) in [6.07, 6.45) is 2.17. The zero-order chi connectivity index (χ0) is 24.4. The van der Waals surface area contributed by atoms with E-state index in [1.165, 1.54) is 15.9 Å². The van der Waals surface area contributed by atoms with Crippen LogP contribution in [0.1, 0.15) is 40.4 Å². The van der Waals surface area contributed by atoms with Crippen LogP contribution in [0.4, 0.5) is 5.69 Å². The fourth-order valence-corrected chi connectivity index (χ4v) is 6.14. The Hall–Kier alpha value is -3.16. The summed E-state index contributed by atoms with van der Waals surface area (Å²) in [6.45, 7) is 4.11. The molecule has 3 aromatic rings. The third-order valence-electron chi connectivity index (χ3n) is 6.91. The normalized spacial score (nSPS) is 17.7. The van der Waals surface area contributed by atoms with Gasteiger partial charge in [0.15, 0.2) is 0 Å². The van der Waals surface area contributed by atoms with Gasteiger partial charge in [-0.05, 0) is 61.6 Å². The van der Waals surface area contributed by atoms with E-state index in [0.29, 0.717) is 37.7 Å². The number of amides is 1. The Bertz CT molecular complexity index is 1280. The minimum absolute atomic E-state index is 0.0607. The summed E-state index contributed by atoms with van der Waals surface area (Å²) in [6, 6.07) is 24.6. The second-order valence-electron chi connectivity index (χ2n) is 9.45. The molecule has 1 saturated carbocycles. The highest BCUT2D eigenvalue weighted by atomic mass is 32.2. The van der Waals surface area contributed by atoms with Gasteiger partial charge in [-0.25, -0.2) is 8.42 Å². The maximum Gasteiger partial charge on any atom is 0.251 e. The summed E-state index contributed by atoms with van der Waals surface area (Å²) in [7, 11) is -3.69. The number of para-hydroxylation sites is 1.